The maximum atomic E-state index is 13.0. The summed E-state index contributed by atoms with van der Waals surface area (Å²) in [6.07, 6.45) is 5.91. The molecule has 2 aromatic carbocycles. The van der Waals surface area contributed by atoms with Gasteiger partial charge in [0.2, 0.25) is 0 Å². The molecule has 1 aliphatic rings. The number of carbonyl (C=O) groups is 1. The Morgan fingerprint density at radius 3 is 2.07 bits per heavy atom. The zero-order valence-electron chi connectivity index (χ0n) is 16.8. The van der Waals surface area contributed by atoms with Crippen molar-refractivity contribution in [3.8, 4) is 0 Å². The Morgan fingerprint density at radius 1 is 1.00 bits per heavy atom. The lowest BCUT2D eigenvalue weighted by atomic mass is 9.81. The fourth-order valence-corrected chi connectivity index (χ4v) is 4.34. The molecule has 3 nitrogen and oxygen atoms in total. The summed E-state index contributed by atoms with van der Waals surface area (Å²) in [7, 11) is 0. The molecule has 2 atom stereocenters. The zero-order chi connectivity index (χ0) is 20.1. The minimum Gasteiger partial charge on any atom is -1.00 e. The second-order valence-electron chi connectivity index (χ2n) is 8.09. The number of halogens is 3. The summed E-state index contributed by atoms with van der Waals surface area (Å²) < 4.78 is 0. The molecule has 0 radical (unpaired) electrons. The van der Waals surface area contributed by atoms with Gasteiger partial charge < -0.3 is 23.5 Å². The van der Waals surface area contributed by atoms with Crippen LogP contribution in [0, 0.1) is 0 Å². The molecule has 0 heterocycles. The van der Waals surface area contributed by atoms with Crippen molar-refractivity contribution in [2.75, 3.05) is 0 Å². The fraction of sp³-hybridized carbons (Fsp3) is 0.435. The summed E-state index contributed by atoms with van der Waals surface area (Å²) in [6, 6.07) is 15.8. The van der Waals surface area contributed by atoms with Gasteiger partial charge in [-0.25, -0.2) is 0 Å². The maximum Gasteiger partial charge on any atom is 0.281 e. The quantitative estimate of drug-likeness (QED) is 0.685. The second-order valence-corrected chi connectivity index (χ2v) is 8.96. The third-order valence-corrected chi connectivity index (χ3v) is 6.43. The molecule has 2 unspecified atom stereocenters. The van der Waals surface area contributed by atoms with Crippen LogP contribution < -0.4 is 23.5 Å². The van der Waals surface area contributed by atoms with E-state index in [0.29, 0.717) is 5.02 Å². The van der Waals surface area contributed by atoms with Gasteiger partial charge in [-0.1, -0.05) is 53.9 Å². The van der Waals surface area contributed by atoms with Crippen LogP contribution in [0.5, 0.6) is 0 Å². The normalized spacial score (nSPS) is 17.7. The lowest BCUT2D eigenvalue weighted by Gasteiger charge is -2.32. The van der Waals surface area contributed by atoms with E-state index in [4.69, 9.17) is 23.2 Å². The van der Waals surface area contributed by atoms with Crippen molar-refractivity contribution in [3.05, 3.63) is 69.7 Å². The summed E-state index contributed by atoms with van der Waals surface area (Å²) in [5, 5.41) is 4.71. The number of rotatable bonds is 6. The Bertz CT molecular complexity index is 787. The molecule has 1 aliphatic carbocycles. The molecular weight excluding hydrogens is 427 g/mol. The molecular formula is C23H29Cl3N2O. The van der Waals surface area contributed by atoms with Crippen molar-refractivity contribution in [3.63, 3.8) is 0 Å². The number of nitrogens with one attached hydrogen (secondary N) is 1. The highest BCUT2D eigenvalue weighted by Gasteiger charge is 2.40. The van der Waals surface area contributed by atoms with Crippen LogP contribution in [0.3, 0.4) is 0 Å². The molecule has 2 aromatic rings. The first-order valence-corrected chi connectivity index (χ1v) is 10.8. The molecule has 1 amide bonds. The van der Waals surface area contributed by atoms with E-state index >= 15 is 0 Å². The number of hydrogen-bond donors (Lipinski definition) is 2. The van der Waals surface area contributed by atoms with Gasteiger partial charge in [-0.2, -0.15) is 0 Å². The number of carbonyl (C=O) groups excluding carboxylic acids is 1. The summed E-state index contributed by atoms with van der Waals surface area (Å²) in [4.78, 5) is 13.0. The van der Waals surface area contributed by atoms with Crippen LogP contribution in [-0.2, 0) is 11.2 Å². The van der Waals surface area contributed by atoms with E-state index in [1.165, 1.54) is 12.0 Å². The van der Waals surface area contributed by atoms with E-state index in [0.717, 1.165) is 42.7 Å². The Morgan fingerprint density at radius 2 is 1.52 bits per heavy atom. The summed E-state index contributed by atoms with van der Waals surface area (Å²) in [6.45, 7) is 2.08. The molecule has 29 heavy (non-hydrogen) atoms. The number of hydrogen-bond acceptors (Lipinski definition) is 1. The van der Waals surface area contributed by atoms with E-state index in [2.05, 4.69) is 18.0 Å². The second kappa shape index (κ2) is 10.7. The van der Waals surface area contributed by atoms with E-state index in [1.54, 1.807) is 0 Å². The average molecular weight is 456 g/mol. The molecule has 0 spiro atoms. The highest BCUT2D eigenvalue weighted by molar-refractivity contribution is 6.30. The van der Waals surface area contributed by atoms with Crippen LogP contribution >= 0.6 is 23.2 Å². The highest BCUT2D eigenvalue weighted by atomic mass is 35.5. The van der Waals surface area contributed by atoms with Gasteiger partial charge in [0.1, 0.15) is 0 Å². The van der Waals surface area contributed by atoms with Crippen molar-refractivity contribution in [1.29, 1.82) is 0 Å². The van der Waals surface area contributed by atoms with Gasteiger partial charge in [0.05, 0.1) is 0 Å². The van der Waals surface area contributed by atoms with Crippen molar-refractivity contribution < 1.29 is 22.9 Å². The predicted molar refractivity (Wildman–Crippen MR) is 116 cm³/mol. The number of quaternary nitrogens is 1. The molecule has 0 bridgehead atoms. The average Bonchev–Trinajstić information content (AvgIpc) is 2.69. The number of amides is 1. The Labute approximate surface area is 189 Å². The standard InChI is InChI=1S/C23H28Cl2N2O.ClH/c1-16(27-22(28)23(26)13-3-2-4-14-23)21(18-7-11-20(25)12-8-18)15-17-5-9-19(24)10-6-17;/h5-12,16,21H,2-4,13-15,26H2,1H3,(H,27,28);1H. The van der Waals surface area contributed by atoms with E-state index in [-0.39, 0.29) is 30.3 Å². The van der Waals surface area contributed by atoms with Gasteiger partial charge in [0, 0.05) is 34.8 Å². The molecule has 1 saturated carbocycles. The van der Waals surface area contributed by atoms with Gasteiger partial charge in [-0.05, 0) is 61.6 Å². The van der Waals surface area contributed by atoms with E-state index in [9.17, 15) is 4.79 Å². The third kappa shape index (κ3) is 6.36. The molecule has 6 heteroatoms. The summed E-state index contributed by atoms with van der Waals surface area (Å²) in [5.74, 6) is 0.212. The Kier molecular flexibility index (Phi) is 8.84. The third-order valence-electron chi connectivity index (χ3n) is 5.92. The van der Waals surface area contributed by atoms with Crippen LogP contribution in [-0.4, -0.2) is 17.5 Å². The van der Waals surface area contributed by atoms with Crippen LogP contribution in [0.25, 0.3) is 0 Å². The number of benzene rings is 2. The minimum atomic E-state index is -0.489. The fourth-order valence-electron chi connectivity index (χ4n) is 4.08. The summed E-state index contributed by atoms with van der Waals surface area (Å²) >= 11 is 12.1. The van der Waals surface area contributed by atoms with Crippen molar-refractivity contribution >= 4 is 29.1 Å². The molecule has 0 aliphatic heterocycles. The molecule has 1 fully saturated rings. The van der Waals surface area contributed by atoms with Crippen LogP contribution in [0.1, 0.15) is 56.1 Å². The summed E-state index contributed by atoms with van der Waals surface area (Å²) in [5.41, 5.74) is 6.13. The molecule has 0 aromatic heterocycles. The zero-order valence-corrected chi connectivity index (χ0v) is 19.0. The maximum absolute atomic E-state index is 13.0. The van der Waals surface area contributed by atoms with E-state index < -0.39 is 5.54 Å². The predicted octanol–water partition coefficient (Wildman–Crippen LogP) is 1.77. The van der Waals surface area contributed by atoms with Crippen LogP contribution in [0.15, 0.2) is 48.5 Å². The monoisotopic (exact) mass is 454 g/mol. The van der Waals surface area contributed by atoms with Crippen LogP contribution in [0.4, 0.5) is 0 Å². The van der Waals surface area contributed by atoms with Gasteiger partial charge in [0.15, 0.2) is 5.54 Å². The largest absolute Gasteiger partial charge is 1.00 e. The highest BCUT2D eigenvalue weighted by Crippen LogP contribution is 2.29. The van der Waals surface area contributed by atoms with Crippen LogP contribution in [0.2, 0.25) is 10.0 Å². The van der Waals surface area contributed by atoms with E-state index in [1.807, 2.05) is 48.5 Å². The first-order valence-electron chi connectivity index (χ1n) is 10.0. The van der Waals surface area contributed by atoms with Crippen molar-refractivity contribution in [1.82, 2.24) is 5.32 Å². The lowest BCUT2D eigenvalue weighted by molar-refractivity contribution is -0.464. The van der Waals surface area contributed by atoms with Gasteiger partial charge in [0.25, 0.3) is 5.91 Å². The first-order chi connectivity index (χ1) is 13.4. The topological polar surface area (TPSA) is 56.7 Å². The van der Waals surface area contributed by atoms with Crippen molar-refractivity contribution in [2.24, 2.45) is 0 Å². The first kappa shape index (κ1) is 24.0. The van der Waals surface area contributed by atoms with Gasteiger partial charge >= 0.3 is 0 Å². The molecule has 158 valence electrons. The van der Waals surface area contributed by atoms with Gasteiger partial charge in [-0.15, -0.1) is 0 Å². The SMILES string of the molecule is CC(NC(=O)C1([NH3+])CCCCC1)C(Cc1ccc(Cl)cc1)c1ccc(Cl)cc1.[Cl-]. The Hall–Kier alpha value is -1.26. The smallest absolute Gasteiger partial charge is 0.281 e. The molecule has 4 N–H and O–H groups in total. The molecule has 3 rings (SSSR count). The molecule has 0 saturated heterocycles. The lowest BCUT2D eigenvalue weighted by Crippen LogP contribution is -3.00. The van der Waals surface area contributed by atoms with Crippen molar-refractivity contribution in [2.45, 2.75) is 62.9 Å². The van der Waals surface area contributed by atoms with Gasteiger partial charge in [-0.3, -0.25) is 4.79 Å². The Balaban J connectivity index is 0.00000300. The minimum absolute atomic E-state index is 0.